The van der Waals surface area contributed by atoms with E-state index in [-0.39, 0.29) is 18.0 Å². The Kier molecular flexibility index (Phi) is 4.01. The number of halogens is 1. The molecule has 0 fully saturated rings. The van der Waals surface area contributed by atoms with Gasteiger partial charge in [0.25, 0.3) is 5.91 Å². The predicted octanol–water partition coefficient (Wildman–Crippen LogP) is 3.96. The van der Waals surface area contributed by atoms with Gasteiger partial charge in [-0.05, 0) is 31.0 Å². The number of hydrogen-bond acceptors (Lipinski definition) is 3. The van der Waals surface area contributed by atoms with Gasteiger partial charge in [0.2, 0.25) is 5.95 Å². The van der Waals surface area contributed by atoms with Crippen LogP contribution in [-0.2, 0) is 0 Å². The van der Waals surface area contributed by atoms with Crippen LogP contribution in [0.3, 0.4) is 0 Å². The highest BCUT2D eigenvalue weighted by molar-refractivity contribution is 6.34. The van der Waals surface area contributed by atoms with Crippen LogP contribution < -0.4 is 4.90 Å². The maximum Gasteiger partial charge on any atom is 0.262 e. The zero-order valence-corrected chi connectivity index (χ0v) is 14.5. The number of amides is 1. The van der Waals surface area contributed by atoms with E-state index in [0.29, 0.717) is 16.5 Å². The van der Waals surface area contributed by atoms with Crippen molar-refractivity contribution in [3.8, 4) is 0 Å². The summed E-state index contributed by atoms with van der Waals surface area (Å²) in [6.07, 6.45) is 2.26. The van der Waals surface area contributed by atoms with E-state index in [2.05, 4.69) is 22.2 Å². The Bertz CT molecular complexity index is 909. The quantitative estimate of drug-likeness (QED) is 0.701. The number of carbonyl (C=O) groups is 1. The van der Waals surface area contributed by atoms with Crippen LogP contribution in [0.15, 0.2) is 60.9 Å². The van der Waals surface area contributed by atoms with E-state index in [1.165, 1.54) is 6.33 Å². The van der Waals surface area contributed by atoms with Crippen molar-refractivity contribution in [1.29, 1.82) is 0 Å². The zero-order valence-electron chi connectivity index (χ0n) is 13.7. The van der Waals surface area contributed by atoms with Crippen molar-refractivity contribution in [2.24, 2.45) is 0 Å². The first-order chi connectivity index (χ1) is 12.2. The van der Waals surface area contributed by atoms with Gasteiger partial charge in [-0.1, -0.05) is 54.1 Å². The van der Waals surface area contributed by atoms with E-state index in [0.717, 1.165) is 12.0 Å². The van der Waals surface area contributed by atoms with Crippen LogP contribution in [0.5, 0.6) is 0 Å². The molecule has 6 heteroatoms. The molecule has 5 nitrogen and oxygen atoms in total. The Labute approximate surface area is 150 Å². The van der Waals surface area contributed by atoms with Gasteiger partial charge in [0.05, 0.1) is 16.6 Å². The number of rotatable bonds is 2. The van der Waals surface area contributed by atoms with Crippen LogP contribution in [0, 0.1) is 0 Å². The molecule has 4 rings (SSSR count). The molecule has 2 heterocycles. The topological polar surface area (TPSA) is 51.0 Å². The highest BCUT2D eigenvalue weighted by Gasteiger charge is 2.37. The van der Waals surface area contributed by atoms with Crippen LogP contribution in [0.1, 0.15) is 35.3 Å². The molecule has 3 aromatic rings. The molecule has 1 aromatic heterocycles. The first-order valence-electron chi connectivity index (χ1n) is 8.19. The summed E-state index contributed by atoms with van der Waals surface area (Å²) in [5.41, 5.74) is 1.63. The van der Waals surface area contributed by atoms with E-state index in [4.69, 9.17) is 11.6 Å². The zero-order chi connectivity index (χ0) is 17.4. The molecule has 25 heavy (non-hydrogen) atoms. The maximum absolute atomic E-state index is 13.1. The van der Waals surface area contributed by atoms with Crippen molar-refractivity contribution in [2.75, 3.05) is 4.90 Å². The molecule has 0 radical (unpaired) electrons. The second kappa shape index (κ2) is 6.33. The molecular formula is C19H17ClN4O. The number of aromatic nitrogens is 3. The van der Waals surface area contributed by atoms with Crippen molar-refractivity contribution in [3.05, 3.63) is 77.1 Å². The summed E-state index contributed by atoms with van der Waals surface area (Å²) in [7, 11) is 0. The van der Waals surface area contributed by atoms with E-state index in [1.54, 1.807) is 17.0 Å². The third-order valence-electron chi connectivity index (χ3n) is 4.58. The molecule has 0 bridgehead atoms. The lowest BCUT2D eigenvalue weighted by atomic mass is 9.97. The van der Waals surface area contributed by atoms with Crippen LogP contribution in [0.4, 0.5) is 5.95 Å². The fourth-order valence-corrected chi connectivity index (χ4v) is 3.59. The molecule has 1 amide bonds. The monoisotopic (exact) mass is 352 g/mol. The van der Waals surface area contributed by atoms with Gasteiger partial charge in [0.15, 0.2) is 0 Å². The molecule has 0 unspecified atom stereocenters. The van der Waals surface area contributed by atoms with Crippen LogP contribution in [0.2, 0.25) is 5.02 Å². The van der Waals surface area contributed by atoms with Crippen molar-refractivity contribution in [1.82, 2.24) is 14.8 Å². The fraction of sp³-hybridized carbons (Fsp3) is 0.211. The van der Waals surface area contributed by atoms with Crippen molar-refractivity contribution >= 4 is 23.5 Å². The number of hydrogen-bond donors (Lipinski definition) is 0. The summed E-state index contributed by atoms with van der Waals surface area (Å²) in [5.74, 6) is 0.399. The molecule has 126 valence electrons. The Morgan fingerprint density at radius 1 is 1.12 bits per heavy atom. The first kappa shape index (κ1) is 15.8. The number of carbonyl (C=O) groups excluding carboxylic acids is 1. The lowest BCUT2D eigenvalue weighted by Crippen LogP contribution is -2.46. The SMILES string of the molecule is C[C@H]1C[C@H](c2ccccc2)n2ncnc2N1C(=O)c1ccccc1Cl. The summed E-state index contributed by atoms with van der Waals surface area (Å²) in [5, 5.41) is 4.82. The fourth-order valence-electron chi connectivity index (χ4n) is 3.37. The summed E-state index contributed by atoms with van der Waals surface area (Å²) < 4.78 is 1.82. The minimum Gasteiger partial charge on any atom is -0.274 e. The third kappa shape index (κ3) is 2.70. The average molecular weight is 353 g/mol. The van der Waals surface area contributed by atoms with Gasteiger partial charge in [-0.3, -0.25) is 9.69 Å². The molecule has 0 saturated heterocycles. The van der Waals surface area contributed by atoms with Gasteiger partial charge in [-0.2, -0.15) is 10.1 Å². The summed E-state index contributed by atoms with van der Waals surface area (Å²) >= 11 is 6.22. The van der Waals surface area contributed by atoms with Crippen molar-refractivity contribution in [2.45, 2.75) is 25.4 Å². The maximum atomic E-state index is 13.1. The number of benzene rings is 2. The molecule has 0 N–H and O–H groups in total. The summed E-state index contributed by atoms with van der Waals surface area (Å²) in [4.78, 5) is 19.1. The first-order valence-corrected chi connectivity index (χ1v) is 8.57. The average Bonchev–Trinajstić information content (AvgIpc) is 3.11. The van der Waals surface area contributed by atoms with E-state index >= 15 is 0 Å². The highest BCUT2D eigenvalue weighted by atomic mass is 35.5. The van der Waals surface area contributed by atoms with Gasteiger partial charge in [-0.15, -0.1) is 0 Å². The van der Waals surface area contributed by atoms with Gasteiger partial charge >= 0.3 is 0 Å². The molecule has 2 atom stereocenters. The minimum atomic E-state index is -0.154. The van der Waals surface area contributed by atoms with Gasteiger partial charge in [-0.25, -0.2) is 4.68 Å². The second-order valence-electron chi connectivity index (χ2n) is 6.17. The second-order valence-corrected chi connectivity index (χ2v) is 6.58. The number of nitrogens with zero attached hydrogens (tertiary/aromatic N) is 4. The largest absolute Gasteiger partial charge is 0.274 e. The molecule has 1 aliphatic rings. The highest BCUT2D eigenvalue weighted by Crippen LogP contribution is 2.35. The summed E-state index contributed by atoms with van der Waals surface area (Å²) in [6.45, 7) is 2.03. The Morgan fingerprint density at radius 2 is 1.84 bits per heavy atom. The molecule has 0 aliphatic carbocycles. The lowest BCUT2D eigenvalue weighted by molar-refractivity contribution is 0.0966. The molecule has 1 aliphatic heterocycles. The van der Waals surface area contributed by atoms with Gasteiger partial charge < -0.3 is 0 Å². The standard InChI is InChI=1S/C19H17ClN4O/c1-13-11-17(14-7-3-2-4-8-14)24-19(21-12-22-24)23(13)18(25)15-9-5-6-10-16(15)20/h2-10,12-13,17H,11H2,1H3/t13-,17+/m0/s1. The smallest absolute Gasteiger partial charge is 0.262 e. The number of fused-ring (bicyclic) bond motifs is 1. The molecule has 0 spiro atoms. The van der Waals surface area contributed by atoms with Crippen LogP contribution in [-0.4, -0.2) is 26.7 Å². The normalized spacial score (nSPS) is 19.5. The minimum absolute atomic E-state index is 0.0225. The van der Waals surface area contributed by atoms with E-state index < -0.39 is 0 Å². The van der Waals surface area contributed by atoms with Crippen molar-refractivity contribution in [3.63, 3.8) is 0 Å². The Hall–Kier alpha value is -2.66. The predicted molar refractivity (Wildman–Crippen MR) is 96.9 cm³/mol. The van der Waals surface area contributed by atoms with Crippen molar-refractivity contribution < 1.29 is 4.79 Å². The summed E-state index contributed by atoms with van der Waals surface area (Å²) in [6, 6.07) is 17.3. The Morgan fingerprint density at radius 3 is 2.60 bits per heavy atom. The van der Waals surface area contributed by atoms with Gasteiger partial charge in [0.1, 0.15) is 6.33 Å². The molecular weight excluding hydrogens is 336 g/mol. The molecule has 2 aromatic carbocycles. The molecule has 0 saturated carbocycles. The lowest BCUT2D eigenvalue weighted by Gasteiger charge is -2.37. The van der Waals surface area contributed by atoms with Gasteiger partial charge in [0, 0.05) is 6.04 Å². The Balaban J connectivity index is 1.76. The van der Waals surface area contributed by atoms with E-state index in [1.807, 2.05) is 41.9 Å². The third-order valence-corrected chi connectivity index (χ3v) is 4.91. The van der Waals surface area contributed by atoms with E-state index in [9.17, 15) is 4.79 Å². The van der Waals surface area contributed by atoms with Crippen LogP contribution in [0.25, 0.3) is 0 Å². The van der Waals surface area contributed by atoms with Crippen LogP contribution >= 0.6 is 11.6 Å². The number of anilines is 1.